The summed E-state index contributed by atoms with van der Waals surface area (Å²) in [5.74, 6) is -1.71. The van der Waals surface area contributed by atoms with Crippen molar-refractivity contribution in [2.45, 2.75) is 109 Å². The average Bonchev–Trinajstić information content (AvgIpc) is 2.63. The van der Waals surface area contributed by atoms with Gasteiger partial charge in [0.05, 0.1) is 13.0 Å². The molecule has 0 aliphatic rings. The van der Waals surface area contributed by atoms with E-state index in [1.165, 1.54) is 70.6 Å². The zero-order chi connectivity index (χ0) is 20.2. The van der Waals surface area contributed by atoms with Crippen molar-refractivity contribution in [3.63, 3.8) is 0 Å². The maximum Gasteiger partial charge on any atom is 0.323 e. The van der Waals surface area contributed by atoms with Crippen molar-refractivity contribution in [3.8, 4) is 0 Å². The van der Waals surface area contributed by atoms with Crippen molar-refractivity contribution in [2.24, 2.45) is 5.73 Å². The lowest BCUT2D eigenvalue weighted by molar-refractivity contribution is -0.149. The third-order valence-corrected chi connectivity index (χ3v) is 4.60. The first kappa shape index (κ1) is 25.6. The van der Waals surface area contributed by atoms with Gasteiger partial charge in [0.25, 0.3) is 0 Å². The molecule has 0 rings (SSSR count). The monoisotopic (exact) mass is 383 g/mol. The van der Waals surface area contributed by atoms with Crippen LogP contribution in [0.25, 0.3) is 0 Å². The number of esters is 1. The minimum atomic E-state index is -1.09. The van der Waals surface area contributed by atoms with Gasteiger partial charge in [-0.15, -0.1) is 0 Å². The Morgan fingerprint density at radius 1 is 0.852 bits per heavy atom. The number of carboxylic acid groups (broad SMARTS) is 1. The Balaban J connectivity index is 3.28. The topological polar surface area (TPSA) is 89.6 Å². The van der Waals surface area contributed by atoms with Gasteiger partial charge in [-0.3, -0.25) is 9.59 Å². The van der Waals surface area contributed by atoms with Crippen LogP contribution in [-0.2, 0) is 14.3 Å². The molecular formula is C22H41NO4. The molecule has 0 amide bonds. The molecule has 27 heavy (non-hydrogen) atoms. The molecule has 1 atom stereocenters. The van der Waals surface area contributed by atoms with Gasteiger partial charge in [-0.1, -0.05) is 76.9 Å². The van der Waals surface area contributed by atoms with Crippen molar-refractivity contribution < 1.29 is 19.4 Å². The lowest BCUT2D eigenvalue weighted by Crippen LogP contribution is -2.34. The first-order valence-corrected chi connectivity index (χ1v) is 10.9. The molecule has 5 nitrogen and oxygen atoms in total. The van der Waals surface area contributed by atoms with E-state index >= 15 is 0 Å². The van der Waals surface area contributed by atoms with E-state index in [4.69, 9.17) is 15.6 Å². The summed E-state index contributed by atoms with van der Waals surface area (Å²) in [6.07, 6.45) is 21.5. The molecule has 0 radical (unpaired) electrons. The van der Waals surface area contributed by atoms with Gasteiger partial charge in [0, 0.05) is 0 Å². The minimum absolute atomic E-state index is 0.327. The molecule has 0 fully saturated rings. The Hall–Kier alpha value is -1.36. The highest BCUT2D eigenvalue weighted by molar-refractivity contribution is 5.81. The maximum atomic E-state index is 11.4. The number of carboxylic acids is 1. The number of carbonyl (C=O) groups is 2. The molecule has 0 spiro atoms. The van der Waals surface area contributed by atoms with Crippen molar-refractivity contribution in [2.75, 3.05) is 6.61 Å². The number of rotatable bonds is 19. The van der Waals surface area contributed by atoms with Crippen LogP contribution in [0.4, 0.5) is 0 Å². The van der Waals surface area contributed by atoms with Crippen molar-refractivity contribution in [3.05, 3.63) is 12.2 Å². The summed E-state index contributed by atoms with van der Waals surface area (Å²) in [6, 6.07) is -1.06. The van der Waals surface area contributed by atoms with Gasteiger partial charge in [-0.05, 0) is 32.1 Å². The van der Waals surface area contributed by atoms with E-state index in [9.17, 15) is 9.59 Å². The van der Waals surface area contributed by atoms with Gasteiger partial charge in [0.1, 0.15) is 6.04 Å². The Bertz CT molecular complexity index is 396. The second kappa shape index (κ2) is 19.4. The number of allylic oxidation sites excluding steroid dienone is 2. The summed E-state index contributed by atoms with van der Waals surface area (Å²) < 4.78 is 4.99. The molecule has 158 valence electrons. The van der Waals surface area contributed by atoms with E-state index in [-0.39, 0.29) is 6.42 Å². The van der Waals surface area contributed by atoms with Crippen LogP contribution in [0, 0.1) is 0 Å². The predicted octanol–water partition coefficient (Wildman–Crippen LogP) is 5.37. The van der Waals surface area contributed by atoms with Crippen LogP contribution < -0.4 is 5.73 Å². The van der Waals surface area contributed by atoms with Crippen LogP contribution >= 0.6 is 0 Å². The van der Waals surface area contributed by atoms with Crippen LogP contribution in [0.5, 0.6) is 0 Å². The fraction of sp³-hybridized carbons (Fsp3) is 0.818. The highest BCUT2D eigenvalue weighted by Gasteiger charge is 2.17. The second-order valence-electron chi connectivity index (χ2n) is 7.31. The number of hydrogen-bond acceptors (Lipinski definition) is 4. The molecule has 5 heteroatoms. The van der Waals surface area contributed by atoms with Gasteiger partial charge < -0.3 is 15.6 Å². The smallest absolute Gasteiger partial charge is 0.323 e. The number of ether oxygens (including phenoxy) is 1. The average molecular weight is 384 g/mol. The van der Waals surface area contributed by atoms with Crippen LogP contribution in [-0.4, -0.2) is 29.7 Å². The largest absolute Gasteiger partial charge is 0.481 e. The van der Waals surface area contributed by atoms with Gasteiger partial charge in [0.2, 0.25) is 0 Å². The highest BCUT2D eigenvalue weighted by Crippen LogP contribution is 2.10. The number of aliphatic carboxylic acids is 1. The normalized spacial score (nSPS) is 12.4. The molecule has 0 aliphatic carbocycles. The highest BCUT2D eigenvalue weighted by atomic mass is 16.5. The van der Waals surface area contributed by atoms with E-state index in [0.717, 1.165) is 19.3 Å². The van der Waals surface area contributed by atoms with Crippen LogP contribution in [0.1, 0.15) is 103 Å². The standard InChI is InChI=1S/C22H41NO4/c1-2-3-4-5-6-7-8-9-10-11-12-13-14-15-16-17-18-27-22(26)20(23)19-21(24)25/h9-10,20H,2-8,11-19,23H2,1H3,(H,24,25)/b10-9-/t20-/m0/s1. The molecule has 0 heterocycles. The number of carbonyl (C=O) groups excluding carboxylic acids is 1. The first-order valence-electron chi connectivity index (χ1n) is 10.9. The van der Waals surface area contributed by atoms with E-state index in [1.807, 2.05) is 0 Å². The predicted molar refractivity (Wildman–Crippen MR) is 111 cm³/mol. The van der Waals surface area contributed by atoms with Gasteiger partial charge >= 0.3 is 11.9 Å². The third-order valence-electron chi connectivity index (χ3n) is 4.60. The molecule has 0 saturated carbocycles. The first-order chi connectivity index (χ1) is 13.1. The Morgan fingerprint density at radius 2 is 1.33 bits per heavy atom. The Morgan fingerprint density at radius 3 is 1.85 bits per heavy atom. The van der Waals surface area contributed by atoms with Crippen LogP contribution in [0.15, 0.2) is 12.2 Å². The molecule has 0 unspecified atom stereocenters. The summed E-state index contributed by atoms with van der Waals surface area (Å²) in [5.41, 5.74) is 5.43. The minimum Gasteiger partial charge on any atom is -0.481 e. The van der Waals surface area contributed by atoms with Crippen molar-refractivity contribution in [1.29, 1.82) is 0 Å². The van der Waals surface area contributed by atoms with E-state index in [0.29, 0.717) is 6.61 Å². The molecule has 0 aromatic carbocycles. The fourth-order valence-electron chi connectivity index (χ4n) is 2.90. The second-order valence-corrected chi connectivity index (χ2v) is 7.31. The Labute approximate surface area is 165 Å². The lowest BCUT2D eigenvalue weighted by atomic mass is 10.1. The van der Waals surface area contributed by atoms with Gasteiger partial charge in [-0.25, -0.2) is 0 Å². The summed E-state index contributed by atoms with van der Waals surface area (Å²) >= 11 is 0. The lowest BCUT2D eigenvalue weighted by Gasteiger charge is -2.09. The molecule has 0 aromatic rings. The van der Waals surface area contributed by atoms with E-state index in [1.54, 1.807) is 0 Å². The van der Waals surface area contributed by atoms with Crippen molar-refractivity contribution in [1.82, 2.24) is 0 Å². The van der Waals surface area contributed by atoms with E-state index in [2.05, 4.69) is 19.1 Å². The zero-order valence-corrected chi connectivity index (χ0v) is 17.3. The quantitative estimate of drug-likeness (QED) is 0.178. The molecule has 0 aliphatic heterocycles. The van der Waals surface area contributed by atoms with Gasteiger partial charge in [0.15, 0.2) is 0 Å². The SMILES string of the molecule is CCCCCCCC/C=C\CCCCCCCCOC(=O)[C@@H](N)CC(=O)O. The van der Waals surface area contributed by atoms with Crippen molar-refractivity contribution >= 4 is 11.9 Å². The van der Waals surface area contributed by atoms with Gasteiger partial charge in [-0.2, -0.15) is 0 Å². The summed E-state index contributed by atoms with van der Waals surface area (Å²) in [5, 5.41) is 8.56. The third kappa shape index (κ3) is 19.2. The number of hydrogen-bond donors (Lipinski definition) is 2. The molecule has 0 saturated heterocycles. The zero-order valence-electron chi connectivity index (χ0n) is 17.3. The maximum absolute atomic E-state index is 11.4. The van der Waals surface area contributed by atoms with E-state index < -0.39 is 18.0 Å². The molecular weight excluding hydrogens is 342 g/mol. The summed E-state index contributed by atoms with van der Waals surface area (Å²) in [4.78, 5) is 21.9. The number of unbranched alkanes of at least 4 members (excludes halogenated alkanes) is 12. The molecule has 3 N–H and O–H groups in total. The van der Waals surface area contributed by atoms with Crippen LogP contribution in [0.3, 0.4) is 0 Å². The number of nitrogens with two attached hydrogens (primary N) is 1. The fourth-order valence-corrected chi connectivity index (χ4v) is 2.90. The Kier molecular flexibility index (Phi) is 18.4. The molecule has 0 bridgehead atoms. The summed E-state index contributed by atoms with van der Waals surface area (Å²) in [7, 11) is 0. The molecule has 0 aromatic heterocycles. The van der Waals surface area contributed by atoms with Crippen LogP contribution in [0.2, 0.25) is 0 Å². The summed E-state index contributed by atoms with van der Waals surface area (Å²) in [6.45, 7) is 2.58.